The smallest absolute Gasteiger partial charge is 0.339 e. The van der Waals surface area contributed by atoms with E-state index in [0.717, 1.165) is 0 Å². The molecular weight excluding hydrogens is 266 g/mol. The number of hydrogen-bond donors (Lipinski definition) is 1. The number of ether oxygens (including phenoxy) is 1. The molecule has 7 heteroatoms. The van der Waals surface area contributed by atoms with Gasteiger partial charge in [0.15, 0.2) is 0 Å². The van der Waals surface area contributed by atoms with Gasteiger partial charge in [-0.2, -0.15) is 0 Å². The molecule has 0 heterocycles. The Labute approximate surface area is 109 Å². The van der Waals surface area contributed by atoms with Crippen molar-refractivity contribution in [1.82, 2.24) is 0 Å². The van der Waals surface area contributed by atoms with Crippen LogP contribution in [0.5, 0.6) is 0 Å². The molecule has 0 radical (unpaired) electrons. The Morgan fingerprint density at radius 1 is 1.38 bits per heavy atom. The average Bonchev–Trinajstić information content (AvgIpc) is 2.17. The van der Waals surface area contributed by atoms with Crippen molar-refractivity contribution in [3.05, 3.63) is 29.8 Å². The van der Waals surface area contributed by atoms with Crippen LogP contribution in [0, 0.1) is 0 Å². The van der Waals surface area contributed by atoms with Crippen LogP contribution in [0.15, 0.2) is 29.2 Å². The first-order valence-corrected chi connectivity index (χ1v) is 5.80. The van der Waals surface area contributed by atoms with E-state index >= 15 is 0 Å². The molecule has 0 bridgehead atoms. The number of carbonyl (C=O) groups is 1. The minimum atomic E-state index is -3.90. The molecule has 16 heavy (non-hydrogen) atoms. The zero-order valence-electron chi connectivity index (χ0n) is 8.64. The first-order valence-electron chi connectivity index (χ1n) is 4.25. The van der Waals surface area contributed by atoms with Crippen molar-refractivity contribution >= 4 is 16.0 Å². The molecule has 1 rings (SSSR count). The van der Waals surface area contributed by atoms with E-state index < -0.39 is 16.0 Å². The number of benzene rings is 1. The van der Waals surface area contributed by atoms with Crippen molar-refractivity contribution in [3.8, 4) is 0 Å². The van der Waals surface area contributed by atoms with Gasteiger partial charge in [-0.25, -0.2) is 18.4 Å². The fraction of sp³-hybridized carbons (Fsp3) is 0.222. The molecule has 0 amide bonds. The molecule has 0 saturated heterocycles. The van der Waals surface area contributed by atoms with Crippen LogP contribution in [0.3, 0.4) is 0 Å². The maximum Gasteiger partial charge on any atom is 0.339 e. The Bertz CT molecular complexity index is 472. The van der Waals surface area contributed by atoms with Gasteiger partial charge in [0.2, 0.25) is 10.0 Å². The fourth-order valence-electron chi connectivity index (χ4n) is 1.09. The molecule has 1 aromatic rings. The summed E-state index contributed by atoms with van der Waals surface area (Å²) in [5, 5.41) is 4.96. The minimum Gasteiger partial charge on any atom is -0.462 e. The molecule has 0 aromatic heterocycles. The predicted octanol–water partition coefficient (Wildman–Crippen LogP) is 0.508. The summed E-state index contributed by atoms with van der Waals surface area (Å²) < 4.78 is 27.0. The van der Waals surface area contributed by atoms with Gasteiger partial charge in [0.1, 0.15) is 0 Å². The molecule has 0 unspecified atom stereocenters. The average molecular weight is 277 g/mol. The topological polar surface area (TPSA) is 86.5 Å². The van der Waals surface area contributed by atoms with Gasteiger partial charge in [-0.05, 0) is 19.1 Å². The third-order valence-electron chi connectivity index (χ3n) is 1.69. The predicted molar refractivity (Wildman–Crippen MR) is 53.8 cm³/mol. The molecule has 2 N–H and O–H groups in total. The zero-order valence-corrected chi connectivity index (χ0v) is 11.0. The van der Waals surface area contributed by atoms with Crippen molar-refractivity contribution < 1.29 is 39.7 Å². The van der Waals surface area contributed by atoms with E-state index in [2.05, 4.69) is 0 Å². The third kappa shape index (κ3) is 3.71. The summed E-state index contributed by atoms with van der Waals surface area (Å²) in [5.41, 5.74) is -0.0400. The van der Waals surface area contributed by atoms with Crippen molar-refractivity contribution in [2.75, 3.05) is 6.61 Å². The van der Waals surface area contributed by atoms with E-state index in [-0.39, 0.29) is 38.8 Å². The monoisotopic (exact) mass is 277 g/mol. The molecule has 0 aliphatic carbocycles. The number of nitrogens with two attached hydrogens (primary N) is 1. The summed E-state index contributed by atoms with van der Waals surface area (Å²) in [5.74, 6) is -0.692. The number of hydrogen-bond acceptors (Lipinski definition) is 4. The van der Waals surface area contributed by atoms with Crippen molar-refractivity contribution in [3.63, 3.8) is 0 Å². The van der Waals surface area contributed by atoms with E-state index in [9.17, 15) is 13.2 Å². The van der Waals surface area contributed by atoms with Gasteiger partial charge < -0.3 is 4.74 Å². The van der Waals surface area contributed by atoms with Crippen LogP contribution in [-0.4, -0.2) is 21.0 Å². The summed E-state index contributed by atoms with van der Waals surface area (Å²) in [4.78, 5) is 11.2. The van der Waals surface area contributed by atoms with Crippen LogP contribution in [0.25, 0.3) is 0 Å². The van der Waals surface area contributed by atoms with E-state index in [4.69, 9.17) is 9.88 Å². The van der Waals surface area contributed by atoms with Crippen molar-refractivity contribution in [2.24, 2.45) is 5.14 Å². The second-order valence-corrected chi connectivity index (χ2v) is 4.29. The number of sulfonamides is 1. The van der Waals surface area contributed by atoms with Crippen LogP contribution in [-0.2, 0) is 36.5 Å². The summed E-state index contributed by atoms with van der Waals surface area (Å²) in [6, 6.07) is 5.66. The second kappa shape index (κ2) is 6.15. The Hall–Kier alpha value is -0.686. The SMILES string of the molecule is CCOC(=O)c1ccccc1S(N)(=O)=O.[Ti]. The van der Waals surface area contributed by atoms with Gasteiger partial charge in [-0.1, -0.05) is 12.1 Å². The van der Waals surface area contributed by atoms with Crippen LogP contribution in [0.2, 0.25) is 0 Å². The van der Waals surface area contributed by atoms with Crippen LogP contribution in [0.4, 0.5) is 0 Å². The molecule has 86 valence electrons. The summed E-state index contributed by atoms with van der Waals surface area (Å²) in [6.07, 6.45) is 0. The first kappa shape index (κ1) is 15.3. The molecular formula is C9H11NO4STi. The number of carbonyl (C=O) groups excluding carboxylic acids is 1. The van der Waals surface area contributed by atoms with Gasteiger partial charge in [0.05, 0.1) is 17.1 Å². The number of primary sulfonamides is 1. The van der Waals surface area contributed by atoms with Gasteiger partial charge in [-0.3, -0.25) is 0 Å². The van der Waals surface area contributed by atoms with E-state index in [1.807, 2.05) is 0 Å². The molecule has 0 aliphatic heterocycles. The molecule has 0 atom stereocenters. The van der Waals surface area contributed by atoms with Crippen molar-refractivity contribution in [2.45, 2.75) is 11.8 Å². The standard InChI is InChI=1S/C9H11NO4S.Ti/c1-2-14-9(11)7-5-3-4-6-8(7)15(10,12)13;/h3-6H,2H2,1H3,(H2,10,12,13);. The Morgan fingerprint density at radius 2 is 1.94 bits per heavy atom. The van der Waals surface area contributed by atoms with Gasteiger partial charge in [0.25, 0.3) is 0 Å². The number of esters is 1. The largest absolute Gasteiger partial charge is 0.462 e. The zero-order chi connectivity index (χ0) is 11.5. The molecule has 0 spiro atoms. The number of rotatable bonds is 3. The van der Waals surface area contributed by atoms with Crippen molar-refractivity contribution in [1.29, 1.82) is 0 Å². The molecule has 0 aliphatic rings. The second-order valence-electron chi connectivity index (χ2n) is 2.76. The van der Waals surface area contributed by atoms with Gasteiger partial charge >= 0.3 is 5.97 Å². The maximum atomic E-state index is 11.4. The quantitative estimate of drug-likeness (QED) is 0.644. The molecule has 1 aromatic carbocycles. The molecule has 5 nitrogen and oxygen atoms in total. The first-order chi connectivity index (χ1) is 6.96. The van der Waals surface area contributed by atoms with E-state index in [0.29, 0.717) is 0 Å². The van der Waals surface area contributed by atoms with E-state index in [1.165, 1.54) is 18.2 Å². The molecule has 0 saturated carbocycles. The van der Waals surface area contributed by atoms with E-state index in [1.54, 1.807) is 13.0 Å². The van der Waals surface area contributed by atoms with Crippen LogP contribution < -0.4 is 5.14 Å². The van der Waals surface area contributed by atoms with Crippen LogP contribution >= 0.6 is 0 Å². The Balaban J connectivity index is 0.00000225. The summed E-state index contributed by atoms with van der Waals surface area (Å²) in [7, 11) is -3.90. The summed E-state index contributed by atoms with van der Waals surface area (Å²) in [6.45, 7) is 1.81. The van der Waals surface area contributed by atoms with Gasteiger partial charge in [-0.15, -0.1) is 0 Å². The van der Waals surface area contributed by atoms with Gasteiger partial charge in [0, 0.05) is 21.7 Å². The normalized spacial score (nSPS) is 10.4. The maximum absolute atomic E-state index is 11.4. The minimum absolute atomic E-state index is 0. The Morgan fingerprint density at radius 3 is 2.44 bits per heavy atom. The Kier molecular flexibility index (Phi) is 5.89. The summed E-state index contributed by atoms with van der Waals surface area (Å²) >= 11 is 0. The third-order valence-corrected chi connectivity index (χ3v) is 2.66. The molecule has 0 fully saturated rings. The fourth-order valence-corrected chi connectivity index (χ4v) is 1.82. The van der Waals surface area contributed by atoms with Crippen LogP contribution in [0.1, 0.15) is 17.3 Å².